The van der Waals surface area contributed by atoms with E-state index >= 15 is 0 Å². The van der Waals surface area contributed by atoms with Crippen LogP contribution in [0.2, 0.25) is 25.7 Å². The predicted molar refractivity (Wildman–Crippen MR) is 72.1 cm³/mol. The van der Waals surface area contributed by atoms with Gasteiger partial charge in [0.2, 0.25) is 0 Å². The molecule has 0 aliphatic heterocycles. The molecule has 1 atom stereocenters. The van der Waals surface area contributed by atoms with Crippen LogP contribution >= 0.6 is 0 Å². The lowest BCUT2D eigenvalue weighted by molar-refractivity contribution is 0.234. The second-order valence-electron chi connectivity index (χ2n) is 7.20. The van der Waals surface area contributed by atoms with Gasteiger partial charge < -0.3 is 5.32 Å². The standard InChI is InChI=1S/C13H29NSi/c1-11(2)13(3,10-15(4,5)6)9-14-12-7-8-12/h11-12,14H,7-10H2,1-6H3. The summed E-state index contributed by atoms with van der Waals surface area (Å²) in [5.74, 6) is 0.787. The molecule has 0 aromatic carbocycles. The lowest BCUT2D eigenvalue weighted by atomic mass is 9.81. The van der Waals surface area contributed by atoms with Gasteiger partial charge in [-0.05, 0) is 24.2 Å². The lowest BCUT2D eigenvalue weighted by Crippen LogP contribution is -2.42. The van der Waals surface area contributed by atoms with Gasteiger partial charge in [0.1, 0.15) is 0 Å². The van der Waals surface area contributed by atoms with Crippen LogP contribution in [0.15, 0.2) is 0 Å². The van der Waals surface area contributed by atoms with Crippen molar-refractivity contribution in [1.82, 2.24) is 5.32 Å². The Morgan fingerprint density at radius 2 is 1.80 bits per heavy atom. The normalized spacial score (nSPS) is 21.8. The van der Waals surface area contributed by atoms with Gasteiger partial charge in [-0.2, -0.15) is 0 Å². The zero-order chi connectivity index (χ0) is 11.7. The van der Waals surface area contributed by atoms with E-state index in [0.717, 1.165) is 12.0 Å². The van der Waals surface area contributed by atoms with Crippen LogP contribution in [0.5, 0.6) is 0 Å². The van der Waals surface area contributed by atoms with E-state index in [9.17, 15) is 0 Å². The predicted octanol–water partition coefficient (Wildman–Crippen LogP) is 3.74. The topological polar surface area (TPSA) is 12.0 Å². The van der Waals surface area contributed by atoms with Crippen LogP contribution in [-0.2, 0) is 0 Å². The fourth-order valence-corrected chi connectivity index (χ4v) is 5.30. The Labute approximate surface area is 97.0 Å². The van der Waals surface area contributed by atoms with Crippen LogP contribution in [0.4, 0.5) is 0 Å². The van der Waals surface area contributed by atoms with E-state index in [-0.39, 0.29) is 0 Å². The highest BCUT2D eigenvalue weighted by molar-refractivity contribution is 6.76. The second kappa shape index (κ2) is 4.58. The van der Waals surface area contributed by atoms with Crippen molar-refractivity contribution in [1.29, 1.82) is 0 Å². The molecule has 2 heteroatoms. The monoisotopic (exact) mass is 227 g/mol. The summed E-state index contributed by atoms with van der Waals surface area (Å²) < 4.78 is 0. The first-order chi connectivity index (χ1) is 6.73. The fraction of sp³-hybridized carbons (Fsp3) is 1.00. The first-order valence-corrected chi connectivity index (χ1v) is 10.2. The molecule has 0 aromatic heterocycles. The second-order valence-corrected chi connectivity index (χ2v) is 12.7. The van der Waals surface area contributed by atoms with Gasteiger partial charge in [-0.25, -0.2) is 0 Å². The van der Waals surface area contributed by atoms with Crippen molar-refractivity contribution in [3.63, 3.8) is 0 Å². The summed E-state index contributed by atoms with van der Waals surface area (Å²) in [6, 6.07) is 2.29. The van der Waals surface area contributed by atoms with Gasteiger partial charge in [0.25, 0.3) is 0 Å². The smallest absolute Gasteiger partial charge is 0.0448 e. The van der Waals surface area contributed by atoms with E-state index in [2.05, 4.69) is 45.7 Å². The largest absolute Gasteiger partial charge is 0.313 e. The summed E-state index contributed by atoms with van der Waals surface area (Å²) in [6.45, 7) is 15.9. The molecule has 0 spiro atoms. The minimum absolute atomic E-state index is 0.507. The molecule has 1 N–H and O–H groups in total. The first-order valence-electron chi connectivity index (χ1n) is 6.46. The number of hydrogen-bond acceptors (Lipinski definition) is 1. The zero-order valence-corrected chi connectivity index (χ0v) is 12.5. The summed E-state index contributed by atoms with van der Waals surface area (Å²) in [7, 11) is -0.947. The molecular formula is C13H29NSi. The van der Waals surface area contributed by atoms with E-state index in [1.54, 1.807) is 0 Å². The van der Waals surface area contributed by atoms with E-state index in [0.29, 0.717) is 5.41 Å². The Kier molecular flexibility index (Phi) is 4.05. The molecule has 0 aromatic rings. The molecule has 1 aliphatic carbocycles. The fourth-order valence-electron chi connectivity index (χ4n) is 2.35. The zero-order valence-electron chi connectivity index (χ0n) is 11.5. The van der Waals surface area contributed by atoms with Crippen LogP contribution in [0.3, 0.4) is 0 Å². The molecule has 1 saturated carbocycles. The molecule has 0 amide bonds. The van der Waals surface area contributed by atoms with Crippen molar-refractivity contribution in [3.8, 4) is 0 Å². The van der Waals surface area contributed by atoms with E-state index in [1.165, 1.54) is 25.4 Å². The molecule has 15 heavy (non-hydrogen) atoms. The summed E-state index contributed by atoms with van der Waals surface area (Å²) in [6.07, 6.45) is 2.81. The van der Waals surface area contributed by atoms with Crippen molar-refractivity contribution >= 4 is 8.07 Å². The van der Waals surface area contributed by atoms with Crippen molar-refractivity contribution < 1.29 is 0 Å². The molecule has 0 radical (unpaired) electrons. The highest BCUT2D eigenvalue weighted by Crippen LogP contribution is 2.36. The Hall–Kier alpha value is 0.177. The van der Waals surface area contributed by atoms with Crippen LogP contribution in [0.1, 0.15) is 33.6 Å². The summed E-state index contributed by atoms with van der Waals surface area (Å²) >= 11 is 0. The highest BCUT2D eigenvalue weighted by atomic mass is 28.3. The third kappa shape index (κ3) is 4.69. The molecule has 90 valence electrons. The van der Waals surface area contributed by atoms with Gasteiger partial charge in [0, 0.05) is 20.7 Å². The highest BCUT2D eigenvalue weighted by Gasteiger charge is 2.35. The van der Waals surface area contributed by atoms with Crippen molar-refractivity contribution in [2.24, 2.45) is 11.3 Å². The molecule has 0 heterocycles. The van der Waals surface area contributed by atoms with Crippen molar-refractivity contribution in [2.75, 3.05) is 6.54 Å². The minimum atomic E-state index is -0.947. The van der Waals surface area contributed by atoms with Crippen LogP contribution < -0.4 is 5.32 Å². The van der Waals surface area contributed by atoms with Crippen LogP contribution in [-0.4, -0.2) is 20.7 Å². The van der Waals surface area contributed by atoms with Crippen LogP contribution in [0.25, 0.3) is 0 Å². The van der Waals surface area contributed by atoms with Crippen molar-refractivity contribution in [3.05, 3.63) is 0 Å². The Balaban J connectivity index is 2.51. The SMILES string of the molecule is CC(C)C(C)(CNC1CC1)C[Si](C)(C)C. The molecule has 0 bridgehead atoms. The summed E-state index contributed by atoms with van der Waals surface area (Å²) in [5.41, 5.74) is 0.507. The number of hydrogen-bond donors (Lipinski definition) is 1. The molecule has 1 fully saturated rings. The summed E-state index contributed by atoms with van der Waals surface area (Å²) in [5, 5.41) is 3.72. The molecule has 1 aliphatic rings. The average Bonchev–Trinajstić information content (AvgIpc) is 2.79. The Morgan fingerprint density at radius 3 is 2.13 bits per heavy atom. The molecule has 1 rings (SSSR count). The molecule has 1 nitrogen and oxygen atoms in total. The molecular weight excluding hydrogens is 198 g/mol. The van der Waals surface area contributed by atoms with E-state index in [4.69, 9.17) is 0 Å². The number of nitrogens with one attached hydrogen (secondary N) is 1. The van der Waals surface area contributed by atoms with E-state index < -0.39 is 8.07 Å². The Morgan fingerprint density at radius 1 is 1.27 bits per heavy atom. The van der Waals surface area contributed by atoms with Gasteiger partial charge in [0.15, 0.2) is 0 Å². The maximum atomic E-state index is 3.72. The average molecular weight is 227 g/mol. The summed E-state index contributed by atoms with van der Waals surface area (Å²) in [4.78, 5) is 0. The van der Waals surface area contributed by atoms with E-state index in [1.807, 2.05) is 0 Å². The van der Waals surface area contributed by atoms with Crippen molar-refractivity contribution in [2.45, 2.75) is 65.3 Å². The molecule has 0 saturated heterocycles. The molecule has 1 unspecified atom stereocenters. The quantitative estimate of drug-likeness (QED) is 0.682. The maximum Gasteiger partial charge on any atom is 0.0448 e. The van der Waals surface area contributed by atoms with Crippen LogP contribution in [0, 0.1) is 11.3 Å². The maximum absolute atomic E-state index is 3.72. The van der Waals surface area contributed by atoms with Gasteiger partial charge in [0.05, 0.1) is 0 Å². The van der Waals surface area contributed by atoms with Gasteiger partial charge in [-0.3, -0.25) is 0 Å². The Bertz CT molecular complexity index is 203. The minimum Gasteiger partial charge on any atom is -0.313 e. The van der Waals surface area contributed by atoms with Gasteiger partial charge in [-0.1, -0.05) is 46.5 Å². The van der Waals surface area contributed by atoms with Gasteiger partial charge in [-0.15, -0.1) is 0 Å². The third-order valence-electron chi connectivity index (χ3n) is 3.70. The first kappa shape index (κ1) is 13.2. The lowest BCUT2D eigenvalue weighted by Gasteiger charge is -2.39. The third-order valence-corrected chi connectivity index (χ3v) is 5.57. The number of rotatable bonds is 6. The van der Waals surface area contributed by atoms with Gasteiger partial charge >= 0.3 is 0 Å².